The molecule has 2 N–H and O–H groups in total. The average Bonchev–Trinajstić information content (AvgIpc) is 2.68. The lowest BCUT2D eigenvalue weighted by Gasteiger charge is -2.19. The Kier molecular flexibility index (Phi) is 4.49. The third kappa shape index (κ3) is 3.16. The van der Waals surface area contributed by atoms with Crippen molar-refractivity contribution in [1.29, 1.82) is 0 Å². The van der Waals surface area contributed by atoms with Crippen LogP contribution in [0.25, 0.3) is 11.3 Å². The first kappa shape index (κ1) is 16.1. The molecule has 1 heterocycles. The van der Waals surface area contributed by atoms with Gasteiger partial charge in [0.2, 0.25) is 0 Å². The molecule has 21 heavy (non-hydrogen) atoms. The highest BCUT2D eigenvalue weighted by Crippen LogP contribution is 2.36. The van der Waals surface area contributed by atoms with E-state index >= 15 is 0 Å². The standard InChI is InChI=1S/C16H19BrClN3/c1-5-8-21-14(19)13(20-15(21)16(2,3)4)11-7-6-10(18)9-12(11)17/h5-7,9H,1,8,19H2,2-4H3. The Morgan fingerprint density at radius 3 is 2.62 bits per heavy atom. The minimum absolute atomic E-state index is 0.103. The molecule has 0 fully saturated rings. The van der Waals surface area contributed by atoms with E-state index in [-0.39, 0.29) is 5.41 Å². The molecule has 0 aliphatic rings. The molecule has 0 saturated heterocycles. The van der Waals surface area contributed by atoms with Gasteiger partial charge in [0.15, 0.2) is 0 Å². The fraction of sp³-hybridized carbons (Fsp3) is 0.312. The molecule has 0 spiro atoms. The lowest BCUT2D eigenvalue weighted by Crippen LogP contribution is -2.19. The summed E-state index contributed by atoms with van der Waals surface area (Å²) in [5.41, 5.74) is 7.93. The summed E-state index contributed by atoms with van der Waals surface area (Å²) in [4.78, 5) is 4.78. The SMILES string of the molecule is C=CCn1c(C(C)(C)C)nc(-c2ccc(Cl)cc2Br)c1N. The number of nitrogens with two attached hydrogens (primary N) is 1. The smallest absolute Gasteiger partial charge is 0.132 e. The van der Waals surface area contributed by atoms with E-state index in [1.165, 1.54) is 0 Å². The number of anilines is 1. The van der Waals surface area contributed by atoms with Gasteiger partial charge in [-0.2, -0.15) is 0 Å². The van der Waals surface area contributed by atoms with E-state index < -0.39 is 0 Å². The molecular formula is C16H19BrClN3. The van der Waals surface area contributed by atoms with Crippen LogP contribution in [0.2, 0.25) is 5.02 Å². The molecule has 5 heteroatoms. The number of hydrogen-bond acceptors (Lipinski definition) is 2. The van der Waals surface area contributed by atoms with Crippen molar-refractivity contribution < 1.29 is 0 Å². The predicted molar refractivity (Wildman–Crippen MR) is 93.7 cm³/mol. The first-order valence-corrected chi connectivity index (χ1v) is 7.85. The maximum Gasteiger partial charge on any atom is 0.132 e. The van der Waals surface area contributed by atoms with Gasteiger partial charge in [-0.05, 0) is 12.1 Å². The van der Waals surface area contributed by atoms with E-state index in [0.29, 0.717) is 17.4 Å². The van der Waals surface area contributed by atoms with E-state index in [2.05, 4.69) is 43.3 Å². The summed E-state index contributed by atoms with van der Waals surface area (Å²) in [6, 6.07) is 5.61. The molecule has 0 bridgehead atoms. The van der Waals surface area contributed by atoms with Gasteiger partial charge in [0.05, 0.1) is 0 Å². The third-order valence-electron chi connectivity index (χ3n) is 3.18. The van der Waals surface area contributed by atoms with Crippen molar-refractivity contribution in [3.05, 3.63) is 46.2 Å². The zero-order chi connectivity index (χ0) is 15.8. The maximum atomic E-state index is 6.32. The van der Waals surface area contributed by atoms with E-state index in [4.69, 9.17) is 22.3 Å². The van der Waals surface area contributed by atoms with Gasteiger partial charge in [0.25, 0.3) is 0 Å². The normalized spacial score (nSPS) is 11.7. The fourth-order valence-corrected chi connectivity index (χ4v) is 3.10. The molecule has 0 aliphatic heterocycles. The van der Waals surface area contributed by atoms with E-state index in [0.717, 1.165) is 21.6 Å². The van der Waals surface area contributed by atoms with Gasteiger partial charge in [0, 0.05) is 27.0 Å². The Bertz CT molecular complexity index is 684. The number of allylic oxidation sites excluding steroid dienone is 1. The highest BCUT2D eigenvalue weighted by molar-refractivity contribution is 9.10. The lowest BCUT2D eigenvalue weighted by atomic mass is 9.95. The average molecular weight is 369 g/mol. The summed E-state index contributed by atoms with van der Waals surface area (Å²) in [6.07, 6.45) is 1.83. The van der Waals surface area contributed by atoms with Crippen molar-refractivity contribution in [1.82, 2.24) is 9.55 Å². The number of halogens is 2. The molecule has 0 amide bonds. The van der Waals surface area contributed by atoms with Crippen LogP contribution in [0.3, 0.4) is 0 Å². The molecule has 0 radical (unpaired) electrons. The number of nitrogen functional groups attached to an aromatic ring is 1. The Morgan fingerprint density at radius 1 is 1.43 bits per heavy atom. The number of rotatable bonds is 3. The van der Waals surface area contributed by atoms with Gasteiger partial charge in [0.1, 0.15) is 17.3 Å². The maximum absolute atomic E-state index is 6.32. The van der Waals surface area contributed by atoms with Gasteiger partial charge in [-0.1, -0.05) is 60.4 Å². The molecule has 3 nitrogen and oxygen atoms in total. The minimum atomic E-state index is -0.103. The van der Waals surface area contributed by atoms with Crippen LogP contribution in [0.4, 0.5) is 5.82 Å². The van der Waals surface area contributed by atoms with Gasteiger partial charge in [-0.25, -0.2) is 4.98 Å². The second-order valence-corrected chi connectivity index (χ2v) is 7.23. The number of imidazole rings is 1. The zero-order valence-corrected chi connectivity index (χ0v) is 14.8. The first-order valence-electron chi connectivity index (χ1n) is 6.68. The van der Waals surface area contributed by atoms with E-state index in [9.17, 15) is 0 Å². The second-order valence-electron chi connectivity index (χ2n) is 5.94. The Labute approximate surface area is 139 Å². The van der Waals surface area contributed by atoms with Crippen molar-refractivity contribution in [2.45, 2.75) is 32.7 Å². The molecule has 2 rings (SSSR count). The Hall–Kier alpha value is -1.26. The monoisotopic (exact) mass is 367 g/mol. The van der Waals surface area contributed by atoms with Crippen LogP contribution in [0.15, 0.2) is 35.3 Å². The summed E-state index contributed by atoms with van der Waals surface area (Å²) in [5, 5.41) is 0.672. The summed E-state index contributed by atoms with van der Waals surface area (Å²) >= 11 is 9.53. The van der Waals surface area contributed by atoms with Crippen LogP contribution in [0.1, 0.15) is 26.6 Å². The summed E-state index contributed by atoms with van der Waals surface area (Å²) in [6.45, 7) is 10.8. The van der Waals surface area contributed by atoms with Gasteiger partial charge in [-0.3, -0.25) is 0 Å². The third-order valence-corrected chi connectivity index (χ3v) is 4.07. The van der Waals surface area contributed by atoms with Crippen molar-refractivity contribution in [3.8, 4) is 11.3 Å². The number of aromatic nitrogens is 2. The predicted octanol–water partition coefficient (Wildman–Crippen LogP) is 5.03. The van der Waals surface area contributed by atoms with E-state index in [1.54, 1.807) is 0 Å². The molecule has 0 aliphatic carbocycles. The molecule has 0 saturated carbocycles. The van der Waals surface area contributed by atoms with Crippen molar-refractivity contribution in [2.24, 2.45) is 0 Å². The fourth-order valence-electron chi connectivity index (χ4n) is 2.23. The number of benzene rings is 1. The van der Waals surface area contributed by atoms with Crippen LogP contribution >= 0.6 is 27.5 Å². The van der Waals surface area contributed by atoms with Crippen LogP contribution in [-0.2, 0) is 12.0 Å². The molecule has 1 aromatic heterocycles. The summed E-state index contributed by atoms with van der Waals surface area (Å²) < 4.78 is 2.88. The van der Waals surface area contributed by atoms with Crippen molar-refractivity contribution in [2.75, 3.05) is 5.73 Å². The highest BCUT2D eigenvalue weighted by atomic mass is 79.9. The zero-order valence-electron chi connectivity index (χ0n) is 12.5. The molecule has 2 aromatic rings. The molecule has 1 aromatic carbocycles. The Balaban J connectivity index is 2.67. The van der Waals surface area contributed by atoms with Crippen LogP contribution in [-0.4, -0.2) is 9.55 Å². The van der Waals surface area contributed by atoms with Crippen LogP contribution < -0.4 is 5.73 Å². The second kappa shape index (κ2) is 5.85. The van der Waals surface area contributed by atoms with Gasteiger partial charge >= 0.3 is 0 Å². The molecular weight excluding hydrogens is 350 g/mol. The first-order chi connectivity index (χ1) is 9.75. The van der Waals surface area contributed by atoms with Crippen molar-refractivity contribution >= 4 is 33.3 Å². The quantitative estimate of drug-likeness (QED) is 0.772. The number of nitrogens with zero attached hydrogens (tertiary/aromatic N) is 2. The topological polar surface area (TPSA) is 43.8 Å². The van der Waals surface area contributed by atoms with E-state index in [1.807, 2.05) is 28.8 Å². The van der Waals surface area contributed by atoms with Gasteiger partial charge in [-0.15, -0.1) is 6.58 Å². The largest absolute Gasteiger partial charge is 0.383 e. The summed E-state index contributed by atoms with van der Waals surface area (Å²) in [5.74, 6) is 1.58. The molecule has 0 atom stereocenters. The van der Waals surface area contributed by atoms with Crippen LogP contribution in [0, 0.1) is 0 Å². The van der Waals surface area contributed by atoms with Gasteiger partial charge < -0.3 is 10.3 Å². The van der Waals surface area contributed by atoms with Crippen molar-refractivity contribution in [3.63, 3.8) is 0 Å². The minimum Gasteiger partial charge on any atom is -0.383 e. The highest BCUT2D eigenvalue weighted by Gasteiger charge is 2.25. The van der Waals surface area contributed by atoms with Crippen LogP contribution in [0.5, 0.6) is 0 Å². The Morgan fingerprint density at radius 2 is 2.10 bits per heavy atom. The lowest BCUT2D eigenvalue weighted by molar-refractivity contribution is 0.515. The number of hydrogen-bond donors (Lipinski definition) is 1. The summed E-state index contributed by atoms with van der Waals surface area (Å²) in [7, 11) is 0. The molecule has 0 unspecified atom stereocenters. The molecule has 112 valence electrons.